The molecule has 0 fully saturated rings. The molecule has 1 aliphatic rings. The van der Waals surface area contributed by atoms with Gasteiger partial charge in [-0.15, -0.1) is 0 Å². The summed E-state index contributed by atoms with van der Waals surface area (Å²) in [4.78, 5) is 0.177. The number of hydrogen-bond donors (Lipinski definition) is 1. The number of nitrogens with one attached hydrogen (secondary N) is 1. The molecule has 166 valence electrons. The molecule has 0 unspecified atom stereocenters. The van der Waals surface area contributed by atoms with Crippen molar-refractivity contribution in [2.75, 3.05) is 11.0 Å². The normalized spacial score (nSPS) is 16.6. The molecule has 32 heavy (non-hydrogen) atoms. The van der Waals surface area contributed by atoms with Crippen LogP contribution < -0.4 is 4.72 Å². The van der Waals surface area contributed by atoms with Gasteiger partial charge in [0.2, 0.25) is 10.0 Å². The molecule has 9 heteroatoms. The Morgan fingerprint density at radius 3 is 2.12 bits per heavy atom. The number of hydrazone groups is 1. The molecule has 7 nitrogen and oxygen atoms in total. The van der Waals surface area contributed by atoms with Gasteiger partial charge < -0.3 is 0 Å². The third-order valence-corrected chi connectivity index (χ3v) is 7.53. The van der Waals surface area contributed by atoms with Crippen LogP contribution in [0.5, 0.6) is 0 Å². The molecule has 0 spiro atoms. The summed E-state index contributed by atoms with van der Waals surface area (Å²) in [5.74, 6) is 0. The second-order valence-corrected chi connectivity index (χ2v) is 11.2. The first-order chi connectivity index (χ1) is 15.1. The van der Waals surface area contributed by atoms with Crippen molar-refractivity contribution in [1.82, 2.24) is 4.41 Å². The minimum Gasteiger partial charge on any atom is -0.284 e. The highest BCUT2D eigenvalue weighted by atomic mass is 32.2. The first kappa shape index (κ1) is 22.0. The van der Waals surface area contributed by atoms with Crippen molar-refractivity contribution >= 4 is 31.4 Å². The smallest absolute Gasteiger partial charge is 0.279 e. The van der Waals surface area contributed by atoms with Crippen molar-refractivity contribution in [3.63, 3.8) is 0 Å². The molecule has 3 aromatic rings. The first-order valence-corrected chi connectivity index (χ1v) is 13.3. The quantitative estimate of drug-likeness (QED) is 0.592. The van der Waals surface area contributed by atoms with Crippen LogP contribution in [-0.2, 0) is 20.0 Å². The van der Waals surface area contributed by atoms with Crippen LogP contribution in [0.4, 0.5) is 5.69 Å². The lowest BCUT2D eigenvalue weighted by Gasteiger charge is -2.24. The molecule has 1 aliphatic heterocycles. The van der Waals surface area contributed by atoms with E-state index in [1.54, 1.807) is 54.6 Å². The van der Waals surface area contributed by atoms with Crippen LogP contribution >= 0.6 is 0 Å². The van der Waals surface area contributed by atoms with E-state index in [1.165, 1.54) is 4.41 Å². The van der Waals surface area contributed by atoms with Crippen LogP contribution in [0.15, 0.2) is 88.9 Å². The summed E-state index contributed by atoms with van der Waals surface area (Å²) in [7, 11) is -7.26. The van der Waals surface area contributed by atoms with Gasteiger partial charge in [-0.3, -0.25) is 4.72 Å². The van der Waals surface area contributed by atoms with Gasteiger partial charge in [0, 0.05) is 12.1 Å². The molecule has 0 aliphatic carbocycles. The number of anilines is 1. The Bertz CT molecular complexity index is 1370. The molecule has 0 radical (unpaired) electrons. The van der Waals surface area contributed by atoms with E-state index < -0.39 is 26.1 Å². The number of nitrogens with zero attached hydrogens (tertiary/aromatic N) is 2. The minimum absolute atomic E-state index is 0.177. The van der Waals surface area contributed by atoms with Gasteiger partial charge in [0.25, 0.3) is 10.0 Å². The first-order valence-electron chi connectivity index (χ1n) is 9.96. The molecule has 0 saturated carbocycles. The predicted molar refractivity (Wildman–Crippen MR) is 125 cm³/mol. The van der Waals surface area contributed by atoms with E-state index in [-0.39, 0.29) is 4.90 Å². The molecule has 0 saturated heterocycles. The minimum atomic E-state index is -3.87. The lowest BCUT2D eigenvalue weighted by Crippen LogP contribution is -2.27. The third kappa shape index (κ3) is 4.53. The Morgan fingerprint density at radius 2 is 1.50 bits per heavy atom. The van der Waals surface area contributed by atoms with Crippen molar-refractivity contribution < 1.29 is 16.8 Å². The fourth-order valence-electron chi connectivity index (χ4n) is 3.72. The van der Waals surface area contributed by atoms with Crippen molar-refractivity contribution in [3.8, 4) is 0 Å². The molecule has 4 rings (SSSR count). The zero-order valence-corrected chi connectivity index (χ0v) is 19.3. The lowest BCUT2D eigenvalue weighted by atomic mass is 9.96. The average Bonchev–Trinajstić information content (AvgIpc) is 3.20. The number of hydrogen-bond acceptors (Lipinski definition) is 5. The zero-order valence-electron chi connectivity index (χ0n) is 17.6. The number of sulfonamides is 2. The molecule has 0 bridgehead atoms. The number of benzene rings is 3. The highest BCUT2D eigenvalue weighted by Gasteiger charge is 2.38. The van der Waals surface area contributed by atoms with Gasteiger partial charge in [-0.25, -0.2) is 8.42 Å². The van der Waals surface area contributed by atoms with Crippen LogP contribution in [0, 0.1) is 6.92 Å². The lowest BCUT2D eigenvalue weighted by molar-refractivity contribution is 0.370. The number of rotatable bonds is 6. The van der Waals surface area contributed by atoms with E-state index in [4.69, 9.17) is 0 Å². The van der Waals surface area contributed by atoms with E-state index in [1.807, 2.05) is 31.2 Å². The van der Waals surface area contributed by atoms with Crippen LogP contribution in [0.25, 0.3) is 0 Å². The third-order valence-electron chi connectivity index (χ3n) is 5.23. The highest BCUT2D eigenvalue weighted by Crippen LogP contribution is 2.38. The van der Waals surface area contributed by atoms with E-state index >= 15 is 0 Å². The average molecular weight is 470 g/mol. The van der Waals surface area contributed by atoms with E-state index in [9.17, 15) is 16.8 Å². The summed E-state index contributed by atoms with van der Waals surface area (Å²) < 4.78 is 53.4. The van der Waals surface area contributed by atoms with Gasteiger partial charge in [-0.2, -0.15) is 17.9 Å². The Labute approximate surface area is 188 Å². The summed E-state index contributed by atoms with van der Waals surface area (Å²) in [6.45, 7) is 1.95. The second-order valence-electron chi connectivity index (χ2n) is 7.67. The molecule has 1 atom stereocenters. The van der Waals surface area contributed by atoms with Crippen molar-refractivity contribution in [1.29, 1.82) is 0 Å². The summed E-state index contributed by atoms with van der Waals surface area (Å²) in [6.07, 6.45) is 1.48. The Morgan fingerprint density at radius 1 is 0.875 bits per heavy atom. The fraction of sp³-hybridized carbons (Fsp3) is 0.174. The molecular formula is C23H23N3O4S2. The van der Waals surface area contributed by atoms with Gasteiger partial charge in [0.1, 0.15) is 0 Å². The van der Waals surface area contributed by atoms with E-state index in [0.717, 1.165) is 22.9 Å². The summed E-state index contributed by atoms with van der Waals surface area (Å²) in [6, 6.07) is 22.2. The SMILES string of the molecule is Cc1ccccc1[C@H]1CC(c2ccc(NS(C)(=O)=O)cc2)=NN1S(=O)(=O)c1ccccc1. The maximum Gasteiger partial charge on any atom is 0.279 e. The maximum absolute atomic E-state index is 13.5. The van der Waals surface area contributed by atoms with Gasteiger partial charge >= 0.3 is 0 Å². The zero-order chi connectivity index (χ0) is 22.9. The van der Waals surface area contributed by atoms with E-state index in [2.05, 4.69) is 9.82 Å². The van der Waals surface area contributed by atoms with Crippen molar-refractivity contribution in [2.24, 2.45) is 5.10 Å². The monoisotopic (exact) mass is 469 g/mol. The summed E-state index contributed by atoms with van der Waals surface area (Å²) >= 11 is 0. The Hall–Kier alpha value is -3.17. The van der Waals surface area contributed by atoms with Crippen LogP contribution in [0.3, 0.4) is 0 Å². The van der Waals surface area contributed by atoms with Crippen LogP contribution in [0.1, 0.15) is 29.2 Å². The van der Waals surface area contributed by atoms with Crippen molar-refractivity contribution in [2.45, 2.75) is 24.3 Å². The van der Waals surface area contributed by atoms with Crippen LogP contribution in [-0.4, -0.2) is 33.2 Å². The molecule has 0 amide bonds. The predicted octanol–water partition coefficient (Wildman–Crippen LogP) is 3.91. The summed E-state index contributed by atoms with van der Waals surface area (Å²) in [5, 5.41) is 4.53. The fourth-order valence-corrected chi connectivity index (χ4v) is 5.73. The standard InChI is InChI=1S/C23H23N3O4S2/c1-17-8-6-7-11-21(17)23-16-22(18-12-14-19(15-13-18)25-31(2,27)28)24-26(23)32(29,30)20-9-4-3-5-10-20/h3-15,23,25H,16H2,1-2H3/t23-/m1/s1. The molecule has 0 aromatic heterocycles. The molecule has 1 N–H and O–H groups in total. The van der Waals surface area contributed by atoms with Crippen molar-refractivity contribution in [3.05, 3.63) is 95.6 Å². The van der Waals surface area contributed by atoms with Gasteiger partial charge in [0.05, 0.1) is 22.9 Å². The molecular weight excluding hydrogens is 446 g/mol. The van der Waals surface area contributed by atoms with Gasteiger partial charge in [-0.1, -0.05) is 54.6 Å². The van der Waals surface area contributed by atoms with Crippen LogP contribution in [0.2, 0.25) is 0 Å². The highest BCUT2D eigenvalue weighted by molar-refractivity contribution is 7.92. The molecule has 3 aromatic carbocycles. The Balaban J connectivity index is 1.75. The van der Waals surface area contributed by atoms with Gasteiger partial charge in [0.15, 0.2) is 0 Å². The largest absolute Gasteiger partial charge is 0.284 e. The summed E-state index contributed by atoms with van der Waals surface area (Å²) in [5.41, 5.74) is 3.65. The van der Waals surface area contributed by atoms with Gasteiger partial charge in [-0.05, 0) is 47.9 Å². The second kappa shape index (κ2) is 8.40. The number of aryl methyl sites for hydroxylation is 1. The van der Waals surface area contributed by atoms with E-state index in [0.29, 0.717) is 17.8 Å². The topological polar surface area (TPSA) is 95.9 Å². The molecule has 1 heterocycles. The maximum atomic E-state index is 13.5. The Kier molecular flexibility index (Phi) is 5.79.